The number of aromatic nitrogens is 2. The summed E-state index contributed by atoms with van der Waals surface area (Å²) >= 11 is 1.28. The van der Waals surface area contributed by atoms with Gasteiger partial charge >= 0.3 is 0 Å². The fraction of sp³-hybridized carbons (Fsp3) is 0.0588. The van der Waals surface area contributed by atoms with E-state index in [2.05, 4.69) is 26.6 Å². The first kappa shape index (κ1) is 14.9. The summed E-state index contributed by atoms with van der Waals surface area (Å²) in [6.45, 7) is 1.87. The Balaban J connectivity index is 1.85. The monoisotopic (exact) mass is 319 g/mol. The predicted octanol–water partition coefficient (Wildman–Crippen LogP) is 3.91. The zero-order chi connectivity index (χ0) is 16.1. The van der Waals surface area contributed by atoms with Crippen molar-refractivity contribution in [3.8, 4) is 17.3 Å². The zero-order valence-corrected chi connectivity index (χ0v) is 13.2. The Kier molecular flexibility index (Phi) is 4.41. The molecule has 0 radical (unpaired) electrons. The van der Waals surface area contributed by atoms with Crippen LogP contribution in [-0.2, 0) is 0 Å². The molecule has 3 rings (SSSR count). The molecular formula is C17H13N5S. The summed E-state index contributed by atoms with van der Waals surface area (Å²) in [5.74, 6) is 0. The molecule has 0 aliphatic carbocycles. The van der Waals surface area contributed by atoms with Crippen molar-refractivity contribution in [2.24, 2.45) is 5.10 Å². The summed E-state index contributed by atoms with van der Waals surface area (Å²) in [4.78, 5) is 9.27. The molecule has 6 heteroatoms. The molecular weight excluding hydrogens is 306 g/mol. The highest BCUT2D eigenvalue weighted by atomic mass is 32.1. The van der Waals surface area contributed by atoms with Gasteiger partial charge in [-0.1, -0.05) is 47.7 Å². The van der Waals surface area contributed by atoms with Gasteiger partial charge in [0.15, 0.2) is 0 Å². The lowest BCUT2D eigenvalue weighted by Crippen LogP contribution is -2.01. The minimum Gasteiger partial charge on any atom is -0.255 e. The van der Waals surface area contributed by atoms with E-state index in [0.717, 1.165) is 17.0 Å². The van der Waals surface area contributed by atoms with E-state index < -0.39 is 0 Å². The molecule has 0 saturated carbocycles. The molecule has 112 valence electrons. The number of pyridine rings is 1. The molecule has 5 nitrogen and oxygen atoms in total. The Labute approximate surface area is 138 Å². The smallest absolute Gasteiger partial charge is 0.205 e. The summed E-state index contributed by atoms with van der Waals surface area (Å²) in [5, 5.41) is 14.2. The highest BCUT2D eigenvalue weighted by Gasteiger charge is 2.12. The van der Waals surface area contributed by atoms with E-state index in [-0.39, 0.29) is 0 Å². The molecule has 0 spiro atoms. The van der Waals surface area contributed by atoms with Crippen molar-refractivity contribution < 1.29 is 0 Å². The van der Waals surface area contributed by atoms with E-state index in [1.54, 1.807) is 6.20 Å². The van der Waals surface area contributed by atoms with Crippen LogP contribution in [0.4, 0.5) is 5.13 Å². The van der Waals surface area contributed by atoms with Gasteiger partial charge in [0.2, 0.25) is 5.13 Å². The van der Waals surface area contributed by atoms with Gasteiger partial charge in [0.25, 0.3) is 0 Å². The third kappa shape index (κ3) is 3.42. The van der Waals surface area contributed by atoms with Crippen LogP contribution >= 0.6 is 11.3 Å². The Morgan fingerprint density at radius 2 is 1.96 bits per heavy atom. The first-order valence-corrected chi connectivity index (χ1v) is 7.77. The number of nitrogens with one attached hydrogen (secondary N) is 1. The lowest BCUT2D eigenvalue weighted by Gasteiger charge is -1.99. The second kappa shape index (κ2) is 6.81. The number of hydrogen-bond donors (Lipinski definition) is 1. The second-order valence-corrected chi connectivity index (χ2v) is 5.70. The highest BCUT2D eigenvalue weighted by Crippen LogP contribution is 2.30. The maximum absolute atomic E-state index is 9.30. The van der Waals surface area contributed by atoms with Crippen LogP contribution in [0.2, 0.25) is 0 Å². The van der Waals surface area contributed by atoms with Gasteiger partial charge < -0.3 is 0 Å². The number of hydrogen-bond acceptors (Lipinski definition) is 6. The van der Waals surface area contributed by atoms with Crippen molar-refractivity contribution in [2.45, 2.75) is 6.92 Å². The minimum absolute atomic E-state index is 0.560. The van der Waals surface area contributed by atoms with Crippen molar-refractivity contribution in [3.63, 3.8) is 0 Å². The van der Waals surface area contributed by atoms with Crippen LogP contribution in [0.15, 0.2) is 59.8 Å². The zero-order valence-electron chi connectivity index (χ0n) is 12.4. The predicted molar refractivity (Wildman–Crippen MR) is 92.3 cm³/mol. The summed E-state index contributed by atoms with van der Waals surface area (Å²) in [6, 6.07) is 17.5. The topological polar surface area (TPSA) is 74.0 Å². The molecule has 0 saturated heterocycles. The molecule has 0 amide bonds. The molecule has 0 aliphatic heterocycles. The third-order valence-corrected chi connectivity index (χ3v) is 4.00. The summed E-state index contributed by atoms with van der Waals surface area (Å²) < 4.78 is 0. The second-order valence-electron chi connectivity index (χ2n) is 4.70. The lowest BCUT2D eigenvalue weighted by molar-refractivity contribution is 1.23. The van der Waals surface area contributed by atoms with Crippen molar-refractivity contribution in [3.05, 3.63) is 65.3 Å². The van der Waals surface area contributed by atoms with Gasteiger partial charge in [-0.05, 0) is 19.1 Å². The van der Waals surface area contributed by atoms with Crippen molar-refractivity contribution in [1.82, 2.24) is 9.97 Å². The van der Waals surface area contributed by atoms with Crippen LogP contribution in [0.3, 0.4) is 0 Å². The largest absolute Gasteiger partial charge is 0.255 e. The Bertz CT molecular complexity index is 863. The van der Waals surface area contributed by atoms with Crippen LogP contribution in [0.1, 0.15) is 17.5 Å². The molecule has 2 aromatic heterocycles. The minimum atomic E-state index is 0.560. The number of benzene rings is 1. The van der Waals surface area contributed by atoms with Gasteiger partial charge in [0.05, 0.1) is 11.4 Å². The van der Waals surface area contributed by atoms with Gasteiger partial charge in [0, 0.05) is 11.8 Å². The quantitative estimate of drug-likeness (QED) is 0.584. The molecule has 1 aromatic carbocycles. The van der Waals surface area contributed by atoms with Crippen LogP contribution in [0.5, 0.6) is 0 Å². The molecule has 1 N–H and O–H groups in total. The van der Waals surface area contributed by atoms with E-state index in [0.29, 0.717) is 15.7 Å². The van der Waals surface area contributed by atoms with Gasteiger partial charge in [-0.3, -0.25) is 10.4 Å². The SMILES string of the molecule is C/C(=N\Nc1nc(-c2ccccc2)c(C#N)s1)c1ccccn1. The van der Waals surface area contributed by atoms with Gasteiger partial charge in [-0.2, -0.15) is 10.4 Å². The van der Waals surface area contributed by atoms with Crippen LogP contribution < -0.4 is 5.43 Å². The van der Waals surface area contributed by atoms with E-state index in [9.17, 15) is 5.26 Å². The van der Waals surface area contributed by atoms with Crippen LogP contribution in [0, 0.1) is 11.3 Å². The average molecular weight is 319 g/mol. The fourth-order valence-electron chi connectivity index (χ4n) is 2.00. The van der Waals surface area contributed by atoms with Crippen molar-refractivity contribution in [2.75, 3.05) is 5.43 Å². The number of nitrogens with zero attached hydrogens (tertiary/aromatic N) is 4. The standard InChI is InChI=1S/C17H13N5S/c1-12(14-9-5-6-10-19-14)21-22-17-20-16(15(11-18)23-17)13-7-3-2-4-8-13/h2-10H,1H3,(H,20,22)/b21-12+. The Morgan fingerprint density at radius 3 is 2.65 bits per heavy atom. The molecule has 0 fully saturated rings. The maximum Gasteiger partial charge on any atom is 0.205 e. The van der Waals surface area contributed by atoms with Gasteiger partial charge in [-0.15, -0.1) is 0 Å². The number of thiazole rings is 1. The molecule has 0 aliphatic rings. The van der Waals surface area contributed by atoms with E-state index in [1.165, 1.54) is 11.3 Å². The average Bonchev–Trinajstić information content (AvgIpc) is 3.04. The fourth-order valence-corrected chi connectivity index (χ4v) is 2.73. The normalized spacial score (nSPS) is 11.0. The lowest BCUT2D eigenvalue weighted by atomic mass is 10.1. The summed E-state index contributed by atoms with van der Waals surface area (Å²) in [6.07, 6.45) is 1.72. The van der Waals surface area contributed by atoms with Gasteiger partial charge in [-0.25, -0.2) is 4.98 Å². The van der Waals surface area contributed by atoms with E-state index in [4.69, 9.17) is 0 Å². The molecule has 0 atom stereocenters. The van der Waals surface area contributed by atoms with Crippen molar-refractivity contribution >= 4 is 22.2 Å². The number of anilines is 1. The summed E-state index contributed by atoms with van der Waals surface area (Å²) in [5.41, 5.74) is 6.04. The Hall–Kier alpha value is -3.04. The molecule has 3 aromatic rings. The molecule has 0 unspecified atom stereocenters. The maximum atomic E-state index is 9.30. The summed E-state index contributed by atoms with van der Waals surface area (Å²) in [7, 11) is 0. The van der Waals surface area contributed by atoms with Gasteiger partial charge in [0.1, 0.15) is 16.6 Å². The van der Waals surface area contributed by atoms with Crippen LogP contribution in [-0.4, -0.2) is 15.7 Å². The Morgan fingerprint density at radius 1 is 1.17 bits per heavy atom. The van der Waals surface area contributed by atoms with Crippen molar-refractivity contribution in [1.29, 1.82) is 5.26 Å². The first-order chi connectivity index (χ1) is 11.3. The van der Waals surface area contributed by atoms with Crippen LogP contribution in [0.25, 0.3) is 11.3 Å². The van der Waals surface area contributed by atoms with E-state index in [1.807, 2.05) is 55.5 Å². The first-order valence-electron chi connectivity index (χ1n) is 6.96. The molecule has 0 bridgehead atoms. The number of hydrazone groups is 1. The molecule has 23 heavy (non-hydrogen) atoms. The number of rotatable bonds is 4. The highest BCUT2D eigenvalue weighted by molar-refractivity contribution is 7.16. The number of nitriles is 1. The third-order valence-electron chi connectivity index (χ3n) is 3.13. The molecule has 2 heterocycles. The van der Waals surface area contributed by atoms with E-state index >= 15 is 0 Å².